The van der Waals surface area contributed by atoms with Crippen molar-refractivity contribution in [2.45, 2.75) is 53.3 Å². The van der Waals surface area contributed by atoms with E-state index in [1.807, 2.05) is 86.0 Å². The molecule has 342 valence electrons. The number of fused-ring (bicyclic) bond motifs is 4. The zero-order valence-electron chi connectivity index (χ0n) is 50.7. The minimum atomic E-state index is -1.78. The standard InChI is InChI=1S/C63H52N4O.Pt/c1-62(2,3)40-46-36-60(64-41-55(46)45-24-14-9-15-25-45)67-56-35-32-47(63(4,5)6)37-54(56)53-34-33-50(39-59(53)67)68-49-27-18-26-48(38-49)65-42-66(58-31-17-16-30-57(58)65)61-51(43-20-10-7-11-21-43)28-19-29-52(61)44-22-12-8-13-23-44;/h7-37,41H,40H2,1-6H3;/q-2;/i7D,8D,10D,11D,12D,13D,20D,21D,22D,23D,40D2;. The Morgan fingerprint density at radius 1 is 0.623 bits per heavy atom. The van der Waals surface area contributed by atoms with E-state index in [-0.39, 0.29) is 54.4 Å². The van der Waals surface area contributed by atoms with E-state index in [1.165, 1.54) is 0 Å². The van der Waals surface area contributed by atoms with Gasteiger partial charge in [0.15, 0.2) is 0 Å². The molecule has 8 aromatic carbocycles. The largest absolute Gasteiger partial charge is 0.510 e. The van der Waals surface area contributed by atoms with Crippen LogP contribution in [0.15, 0.2) is 194 Å². The Morgan fingerprint density at radius 2 is 1.29 bits per heavy atom. The summed E-state index contributed by atoms with van der Waals surface area (Å²) in [5.74, 6) is 1.16. The summed E-state index contributed by atoms with van der Waals surface area (Å²) in [6.45, 7) is 12.2. The van der Waals surface area contributed by atoms with Crippen LogP contribution in [0.4, 0.5) is 0 Å². The molecule has 0 aliphatic heterocycles. The topological polar surface area (TPSA) is 35.9 Å². The van der Waals surface area contributed by atoms with Gasteiger partial charge >= 0.3 is 0 Å². The smallest absolute Gasteiger partial charge is 0.268 e. The quantitative estimate of drug-likeness (QED) is 0.107. The maximum absolute atomic E-state index is 9.57. The van der Waals surface area contributed by atoms with Gasteiger partial charge in [0, 0.05) is 52.6 Å². The first-order valence-electron chi connectivity index (χ1n) is 28.4. The van der Waals surface area contributed by atoms with E-state index in [9.17, 15) is 2.74 Å². The van der Waals surface area contributed by atoms with Gasteiger partial charge < -0.3 is 13.9 Å². The number of rotatable bonds is 9. The zero-order chi connectivity index (χ0) is 57.1. The zero-order valence-corrected chi connectivity index (χ0v) is 41.0. The molecule has 69 heavy (non-hydrogen) atoms. The molecule has 0 spiro atoms. The average Bonchev–Trinajstić information content (AvgIpc) is 4.07. The van der Waals surface area contributed by atoms with Crippen molar-refractivity contribution in [3.63, 3.8) is 0 Å². The number of hydrogen-bond donors (Lipinski definition) is 0. The number of nitrogens with zero attached hydrogens (tertiary/aromatic N) is 4. The van der Waals surface area contributed by atoms with E-state index < -0.39 is 72.2 Å². The van der Waals surface area contributed by atoms with Crippen LogP contribution >= 0.6 is 0 Å². The average molecular weight is 1090 g/mol. The molecule has 0 saturated carbocycles. The fourth-order valence-electron chi connectivity index (χ4n) is 8.72. The number of aromatic nitrogens is 4. The molecular weight excluding hydrogens is 1020 g/mol. The molecule has 0 fully saturated rings. The van der Waals surface area contributed by atoms with E-state index in [1.54, 1.807) is 63.9 Å². The summed E-state index contributed by atoms with van der Waals surface area (Å²) < 4.78 is 119. The van der Waals surface area contributed by atoms with Gasteiger partial charge in [-0.2, -0.15) is 18.2 Å². The third-order valence-corrected chi connectivity index (χ3v) is 11.8. The molecular formula is C63H52N4OPt-2. The van der Waals surface area contributed by atoms with Gasteiger partial charge in [0.25, 0.3) is 6.33 Å². The van der Waals surface area contributed by atoms with Crippen molar-refractivity contribution in [1.82, 2.24) is 14.1 Å². The van der Waals surface area contributed by atoms with E-state index >= 15 is 0 Å². The molecule has 6 heteroatoms. The summed E-state index contributed by atoms with van der Waals surface area (Å²) >= 11 is 0. The third kappa shape index (κ3) is 8.84. The van der Waals surface area contributed by atoms with Crippen LogP contribution in [0, 0.1) is 23.9 Å². The van der Waals surface area contributed by atoms with Crippen molar-refractivity contribution < 1.29 is 46.8 Å². The van der Waals surface area contributed by atoms with Crippen molar-refractivity contribution in [2.24, 2.45) is 5.41 Å². The minimum Gasteiger partial charge on any atom is -0.510 e. The van der Waals surface area contributed by atoms with E-state index in [0.29, 0.717) is 50.7 Å². The van der Waals surface area contributed by atoms with Crippen LogP contribution in [0.3, 0.4) is 0 Å². The maximum Gasteiger partial charge on any atom is 0.268 e. The summed E-state index contributed by atoms with van der Waals surface area (Å²) in [7, 11) is 0. The van der Waals surface area contributed by atoms with Crippen LogP contribution in [0.25, 0.3) is 83.4 Å². The Balaban J connectivity index is 0.00000736. The number of pyridine rings is 1. The monoisotopic (exact) mass is 1090 g/mol. The number of imidazole rings is 1. The van der Waals surface area contributed by atoms with Gasteiger partial charge in [-0.25, -0.2) is 4.98 Å². The number of benzene rings is 8. The van der Waals surface area contributed by atoms with Crippen LogP contribution in [0.2, 0.25) is 0 Å². The van der Waals surface area contributed by atoms with Crippen molar-refractivity contribution in [2.75, 3.05) is 0 Å². The molecule has 0 amide bonds. The molecule has 0 atom stereocenters. The molecule has 11 aromatic rings. The first-order valence-corrected chi connectivity index (χ1v) is 22.4. The van der Waals surface area contributed by atoms with Gasteiger partial charge in [-0.3, -0.25) is 4.57 Å². The van der Waals surface area contributed by atoms with Gasteiger partial charge in [0.1, 0.15) is 5.82 Å². The number of hydrogen-bond acceptors (Lipinski definition) is 2. The molecule has 0 radical (unpaired) electrons. The van der Waals surface area contributed by atoms with Crippen molar-refractivity contribution in [3.05, 3.63) is 224 Å². The van der Waals surface area contributed by atoms with E-state index in [4.69, 9.17) is 23.4 Å². The maximum atomic E-state index is 9.57. The first-order chi connectivity index (χ1) is 37.9. The second-order valence-electron chi connectivity index (χ2n) is 18.7. The fourth-order valence-corrected chi connectivity index (χ4v) is 8.72. The molecule has 3 heterocycles. The van der Waals surface area contributed by atoms with Gasteiger partial charge in [-0.1, -0.05) is 192 Å². The van der Waals surface area contributed by atoms with E-state index in [2.05, 4.69) is 57.4 Å². The SMILES string of the molecule is [2H]c1c([2H])c([2H])c(-c2cccc(-c3c([2H])c([2H])c([2H])c([2H])c3[2H])c2-[n+]2[c-]n(-c3[c-]c(Oc4[c-]c5c(cc4)c4cc(C(C)(C)C)ccc4n5-c4cc(C([2H])([2H])C(C)(C)C)c(-c5ccccc5)cn4)ccc3)c3ccccc32)c([2H])c1[2H].[Pt]. The first kappa shape index (κ1) is 33.2. The molecule has 0 unspecified atom stereocenters. The molecule has 0 N–H and O–H groups in total. The summed E-state index contributed by atoms with van der Waals surface area (Å²) in [5.41, 5.74) is 5.35. The molecule has 5 nitrogen and oxygen atoms in total. The molecule has 0 bridgehead atoms. The number of para-hydroxylation sites is 3. The molecule has 11 rings (SSSR count). The van der Waals surface area contributed by atoms with Gasteiger partial charge in [0.05, 0.1) is 30.4 Å². The normalized spacial score (nSPS) is 14.5. The Bertz CT molecular complexity index is 4210. The van der Waals surface area contributed by atoms with Crippen molar-refractivity contribution >= 4 is 32.8 Å². The summed E-state index contributed by atoms with van der Waals surface area (Å²) in [6, 6.07) is 40.6. The molecule has 0 saturated heterocycles. The van der Waals surface area contributed by atoms with Crippen molar-refractivity contribution in [3.8, 4) is 62.1 Å². The second kappa shape index (κ2) is 18.3. The Hall–Kier alpha value is -7.33. The van der Waals surface area contributed by atoms with Crippen LogP contribution in [-0.2, 0) is 32.9 Å². The Kier molecular flexibility index (Phi) is 8.80. The van der Waals surface area contributed by atoms with Crippen LogP contribution in [0.5, 0.6) is 11.5 Å². The fraction of sp³-hybridized carbons (Fsp3) is 0.143. The third-order valence-electron chi connectivity index (χ3n) is 11.8. The van der Waals surface area contributed by atoms with Gasteiger partial charge in [0.2, 0.25) is 0 Å². The predicted molar refractivity (Wildman–Crippen MR) is 278 cm³/mol. The van der Waals surface area contributed by atoms with Crippen LogP contribution in [0.1, 0.15) is 69.1 Å². The Morgan fingerprint density at radius 3 is 1.99 bits per heavy atom. The predicted octanol–water partition coefficient (Wildman–Crippen LogP) is 15.5. The van der Waals surface area contributed by atoms with Crippen LogP contribution < -0.4 is 9.30 Å². The summed E-state index contributed by atoms with van der Waals surface area (Å²) in [6.07, 6.45) is 3.38. The Labute approximate surface area is 436 Å². The molecule has 0 aliphatic carbocycles. The molecule has 3 aromatic heterocycles. The minimum absolute atomic E-state index is 0. The van der Waals surface area contributed by atoms with Gasteiger partial charge in [-0.05, 0) is 79.4 Å². The number of ether oxygens (including phenoxy) is 1. The summed E-state index contributed by atoms with van der Waals surface area (Å²) in [4.78, 5) is 5.05. The van der Waals surface area contributed by atoms with E-state index in [0.717, 1.165) is 27.4 Å². The van der Waals surface area contributed by atoms with Gasteiger partial charge in [-0.15, -0.1) is 29.7 Å². The van der Waals surface area contributed by atoms with Crippen molar-refractivity contribution in [1.29, 1.82) is 0 Å². The van der Waals surface area contributed by atoms with Crippen LogP contribution in [-0.4, -0.2) is 14.1 Å². The molecule has 0 aliphatic rings. The summed E-state index contributed by atoms with van der Waals surface area (Å²) in [5, 5.41) is 1.85. The second-order valence-corrected chi connectivity index (χ2v) is 18.7.